The standard InChI is InChI=1S/C21H15F3N4O3S2/c1-11(29)26-12-4-5-15(14(7-12)21(22,23)24)27-17(30)8-28-10-25-19-18(20(28)31)13(9-33-19)16-3-2-6-32-16/h2-7,9-10H,8H2,1H3,(H,26,29)(H,27,30). The van der Waals surface area contributed by atoms with Gasteiger partial charge in [0.15, 0.2) is 0 Å². The van der Waals surface area contributed by atoms with Crippen LogP contribution in [0.25, 0.3) is 20.7 Å². The van der Waals surface area contributed by atoms with Crippen molar-refractivity contribution in [2.75, 3.05) is 10.6 Å². The first-order valence-electron chi connectivity index (χ1n) is 9.42. The van der Waals surface area contributed by atoms with Crippen LogP contribution in [-0.4, -0.2) is 21.4 Å². The summed E-state index contributed by atoms with van der Waals surface area (Å²) >= 11 is 2.75. The van der Waals surface area contributed by atoms with Crippen molar-refractivity contribution >= 4 is 56.1 Å². The first-order chi connectivity index (χ1) is 15.6. The molecule has 0 unspecified atom stereocenters. The summed E-state index contributed by atoms with van der Waals surface area (Å²) in [6, 6.07) is 6.73. The number of rotatable bonds is 5. The van der Waals surface area contributed by atoms with Crippen molar-refractivity contribution in [3.05, 3.63) is 63.3 Å². The van der Waals surface area contributed by atoms with Crippen LogP contribution >= 0.6 is 22.7 Å². The normalized spacial score (nSPS) is 11.5. The summed E-state index contributed by atoms with van der Waals surface area (Å²) < 4.78 is 41.6. The lowest BCUT2D eigenvalue weighted by molar-refractivity contribution is -0.137. The number of halogens is 3. The molecule has 0 radical (unpaired) electrons. The zero-order valence-corrected chi connectivity index (χ0v) is 18.5. The number of carbonyl (C=O) groups excluding carboxylic acids is 2. The van der Waals surface area contributed by atoms with Crippen LogP contribution in [0.5, 0.6) is 0 Å². The number of carbonyl (C=O) groups is 2. The average molecular weight is 493 g/mol. The fourth-order valence-corrected chi connectivity index (χ4v) is 4.93. The topological polar surface area (TPSA) is 93.1 Å². The van der Waals surface area contributed by atoms with Crippen molar-refractivity contribution in [2.24, 2.45) is 0 Å². The summed E-state index contributed by atoms with van der Waals surface area (Å²) in [5.41, 5.74) is -1.43. The molecule has 0 spiro atoms. The second-order valence-corrected chi connectivity index (χ2v) is 8.78. The lowest BCUT2D eigenvalue weighted by Gasteiger charge is -2.16. The maximum atomic E-state index is 13.5. The highest BCUT2D eigenvalue weighted by Crippen LogP contribution is 2.37. The fourth-order valence-electron chi connectivity index (χ4n) is 3.21. The molecule has 0 bridgehead atoms. The molecular weight excluding hydrogens is 477 g/mol. The average Bonchev–Trinajstić information content (AvgIpc) is 3.40. The maximum Gasteiger partial charge on any atom is 0.418 e. The molecule has 3 heterocycles. The zero-order chi connectivity index (χ0) is 23.8. The van der Waals surface area contributed by atoms with Crippen LogP contribution < -0.4 is 16.2 Å². The lowest BCUT2D eigenvalue weighted by atomic mass is 10.1. The Labute approximate surface area is 192 Å². The zero-order valence-electron chi connectivity index (χ0n) is 16.9. The molecule has 2 N–H and O–H groups in total. The van der Waals surface area contributed by atoms with E-state index in [1.807, 2.05) is 22.9 Å². The minimum Gasteiger partial charge on any atom is -0.326 e. The Bertz CT molecular complexity index is 1410. The molecule has 3 aromatic heterocycles. The van der Waals surface area contributed by atoms with Gasteiger partial charge in [-0.05, 0) is 29.6 Å². The molecule has 0 aliphatic carbocycles. The number of nitrogens with zero attached hydrogens (tertiary/aromatic N) is 2. The molecule has 170 valence electrons. The van der Waals surface area contributed by atoms with Crippen molar-refractivity contribution < 1.29 is 22.8 Å². The van der Waals surface area contributed by atoms with Crippen LogP contribution in [0, 0.1) is 0 Å². The molecule has 33 heavy (non-hydrogen) atoms. The molecule has 12 heteroatoms. The van der Waals surface area contributed by atoms with Gasteiger partial charge in [0.05, 0.1) is 23.0 Å². The molecule has 2 amide bonds. The number of hydrogen-bond donors (Lipinski definition) is 2. The summed E-state index contributed by atoms with van der Waals surface area (Å²) in [5, 5.41) is 8.51. The van der Waals surface area contributed by atoms with Gasteiger partial charge in [-0.25, -0.2) is 4.98 Å². The van der Waals surface area contributed by atoms with Crippen molar-refractivity contribution in [2.45, 2.75) is 19.6 Å². The Morgan fingerprint density at radius 2 is 1.94 bits per heavy atom. The van der Waals surface area contributed by atoms with Crippen LogP contribution in [0.3, 0.4) is 0 Å². The van der Waals surface area contributed by atoms with Crippen LogP contribution in [0.1, 0.15) is 12.5 Å². The summed E-state index contributed by atoms with van der Waals surface area (Å²) in [7, 11) is 0. The third kappa shape index (κ3) is 4.81. The number of alkyl halides is 3. The Morgan fingerprint density at radius 1 is 1.15 bits per heavy atom. The van der Waals surface area contributed by atoms with E-state index in [1.165, 1.54) is 42.0 Å². The van der Waals surface area contributed by atoms with Gasteiger partial charge in [-0.15, -0.1) is 22.7 Å². The maximum absolute atomic E-state index is 13.5. The molecule has 0 aliphatic heterocycles. The number of benzene rings is 1. The largest absolute Gasteiger partial charge is 0.418 e. The molecular formula is C21H15F3N4O3S2. The molecule has 0 saturated heterocycles. The summed E-state index contributed by atoms with van der Waals surface area (Å²) in [4.78, 5) is 42.3. The Kier molecular flexibility index (Phi) is 6.04. The third-order valence-corrected chi connectivity index (χ3v) is 6.37. The number of fused-ring (bicyclic) bond motifs is 1. The molecule has 0 saturated carbocycles. The first kappa shape index (κ1) is 22.7. The highest BCUT2D eigenvalue weighted by molar-refractivity contribution is 7.18. The van der Waals surface area contributed by atoms with Gasteiger partial charge in [0.25, 0.3) is 5.56 Å². The number of hydrogen-bond acceptors (Lipinski definition) is 6. The minimum atomic E-state index is -4.78. The highest BCUT2D eigenvalue weighted by Gasteiger charge is 2.34. The van der Waals surface area contributed by atoms with Crippen LogP contribution in [0.15, 0.2) is 52.2 Å². The summed E-state index contributed by atoms with van der Waals surface area (Å²) in [5.74, 6) is -1.36. The van der Waals surface area contributed by atoms with Gasteiger partial charge in [-0.2, -0.15) is 13.2 Å². The van der Waals surface area contributed by atoms with E-state index < -0.39 is 41.3 Å². The second kappa shape index (κ2) is 8.79. The molecule has 4 rings (SSSR count). The van der Waals surface area contributed by atoms with E-state index in [1.54, 1.807) is 0 Å². The smallest absolute Gasteiger partial charge is 0.326 e. The number of anilines is 2. The number of aromatic nitrogens is 2. The van der Waals surface area contributed by atoms with Gasteiger partial charge >= 0.3 is 6.18 Å². The van der Waals surface area contributed by atoms with Crippen molar-refractivity contribution in [3.63, 3.8) is 0 Å². The van der Waals surface area contributed by atoms with Gasteiger partial charge in [-0.1, -0.05) is 6.07 Å². The Hall–Kier alpha value is -3.51. The molecule has 0 fully saturated rings. The minimum absolute atomic E-state index is 0.0581. The Morgan fingerprint density at radius 3 is 2.61 bits per heavy atom. The van der Waals surface area contributed by atoms with Gasteiger partial charge < -0.3 is 10.6 Å². The van der Waals surface area contributed by atoms with Crippen molar-refractivity contribution in [1.29, 1.82) is 0 Å². The molecule has 0 atom stereocenters. The molecule has 0 aliphatic rings. The Balaban J connectivity index is 1.62. The molecule has 4 aromatic rings. The monoisotopic (exact) mass is 492 g/mol. The quantitative estimate of drug-likeness (QED) is 0.419. The van der Waals surface area contributed by atoms with E-state index in [0.29, 0.717) is 15.8 Å². The number of nitrogens with one attached hydrogen (secondary N) is 2. The van der Waals surface area contributed by atoms with E-state index in [4.69, 9.17) is 0 Å². The highest BCUT2D eigenvalue weighted by atomic mass is 32.1. The van der Waals surface area contributed by atoms with E-state index in [0.717, 1.165) is 21.6 Å². The molecule has 7 nitrogen and oxygen atoms in total. The summed E-state index contributed by atoms with van der Waals surface area (Å²) in [6.07, 6.45) is -3.58. The molecule has 1 aromatic carbocycles. The van der Waals surface area contributed by atoms with Crippen LogP contribution in [0.4, 0.5) is 24.5 Å². The number of amides is 2. The van der Waals surface area contributed by atoms with Gasteiger partial charge in [0.1, 0.15) is 11.4 Å². The van der Waals surface area contributed by atoms with Gasteiger partial charge in [0.2, 0.25) is 11.8 Å². The lowest BCUT2D eigenvalue weighted by Crippen LogP contribution is -2.28. The predicted octanol–water partition coefficient (Wildman–Crippen LogP) is 4.80. The van der Waals surface area contributed by atoms with Gasteiger partial charge in [0, 0.05) is 28.4 Å². The van der Waals surface area contributed by atoms with Crippen LogP contribution in [0.2, 0.25) is 0 Å². The van der Waals surface area contributed by atoms with E-state index in [9.17, 15) is 27.6 Å². The van der Waals surface area contributed by atoms with Gasteiger partial charge in [-0.3, -0.25) is 19.0 Å². The fraction of sp³-hybridized carbons (Fsp3) is 0.143. The number of thiophene rings is 2. The second-order valence-electron chi connectivity index (χ2n) is 6.97. The third-order valence-electron chi connectivity index (χ3n) is 4.58. The van der Waals surface area contributed by atoms with Crippen LogP contribution in [-0.2, 0) is 22.3 Å². The van der Waals surface area contributed by atoms with Crippen molar-refractivity contribution in [3.8, 4) is 10.4 Å². The SMILES string of the molecule is CC(=O)Nc1ccc(NC(=O)Cn2cnc3scc(-c4cccs4)c3c2=O)c(C(F)(F)F)c1. The van der Waals surface area contributed by atoms with Crippen molar-refractivity contribution in [1.82, 2.24) is 9.55 Å². The van der Waals surface area contributed by atoms with E-state index in [-0.39, 0.29) is 5.69 Å². The first-order valence-corrected chi connectivity index (χ1v) is 11.2. The summed E-state index contributed by atoms with van der Waals surface area (Å²) in [6.45, 7) is 0.648. The van der Waals surface area contributed by atoms with E-state index >= 15 is 0 Å². The predicted molar refractivity (Wildman–Crippen MR) is 122 cm³/mol. The van der Waals surface area contributed by atoms with E-state index in [2.05, 4.69) is 15.6 Å².